The van der Waals surface area contributed by atoms with E-state index in [1.54, 1.807) is 18.2 Å². The van der Waals surface area contributed by atoms with E-state index in [4.69, 9.17) is 9.47 Å². The summed E-state index contributed by atoms with van der Waals surface area (Å²) in [6.45, 7) is 2.75. The topological polar surface area (TPSA) is 59.9 Å². The fraction of sp³-hybridized carbons (Fsp3) is 0.176. The van der Waals surface area contributed by atoms with Crippen LogP contribution in [0.1, 0.15) is 22.8 Å². The van der Waals surface area contributed by atoms with Gasteiger partial charge in [-0.1, -0.05) is 34.1 Å². The minimum Gasteiger partial charge on any atom is -0.486 e. The van der Waals surface area contributed by atoms with E-state index in [1.807, 2.05) is 31.2 Å². The predicted molar refractivity (Wildman–Crippen MR) is 91.3 cm³/mol. The third-order valence-electron chi connectivity index (χ3n) is 3.40. The Morgan fingerprint density at radius 2 is 1.87 bits per heavy atom. The molecule has 6 heteroatoms. The van der Waals surface area contributed by atoms with Gasteiger partial charge in [0.25, 0.3) is 5.91 Å². The molecule has 2 aromatic carbocycles. The van der Waals surface area contributed by atoms with Crippen molar-refractivity contribution in [1.29, 1.82) is 0 Å². The average molecular weight is 375 g/mol. The molecule has 1 amide bonds. The second kappa shape index (κ2) is 6.83. The Kier molecular flexibility index (Phi) is 4.62. The van der Waals surface area contributed by atoms with Gasteiger partial charge in [-0.05, 0) is 36.8 Å². The Morgan fingerprint density at radius 1 is 1.13 bits per heavy atom. The first-order valence-electron chi connectivity index (χ1n) is 7.14. The van der Waals surface area contributed by atoms with E-state index >= 15 is 0 Å². The summed E-state index contributed by atoms with van der Waals surface area (Å²) in [5.41, 5.74) is 4.62. The Morgan fingerprint density at radius 3 is 2.65 bits per heavy atom. The number of amides is 1. The van der Waals surface area contributed by atoms with Gasteiger partial charge in [-0.2, -0.15) is 5.10 Å². The number of hydrazone groups is 1. The first kappa shape index (κ1) is 15.6. The van der Waals surface area contributed by atoms with Crippen molar-refractivity contribution >= 4 is 27.5 Å². The molecule has 0 saturated heterocycles. The molecule has 0 aliphatic carbocycles. The monoisotopic (exact) mass is 374 g/mol. The van der Waals surface area contributed by atoms with E-state index in [1.165, 1.54) is 0 Å². The molecular weight excluding hydrogens is 360 g/mol. The molecule has 118 valence electrons. The highest BCUT2D eigenvalue weighted by atomic mass is 79.9. The van der Waals surface area contributed by atoms with Crippen LogP contribution in [0.2, 0.25) is 0 Å². The van der Waals surface area contributed by atoms with Gasteiger partial charge >= 0.3 is 0 Å². The zero-order valence-corrected chi connectivity index (χ0v) is 14.1. The van der Waals surface area contributed by atoms with Crippen LogP contribution >= 0.6 is 15.9 Å². The zero-order chi connectivity index (χ0) is 16.2. The number of fused-ring (bicyclic) bond motifs is 1. The van der Waals surface area contributed by atoms with E-state index in [9.17, 15) is 4.79 Å². The van der Waals surface area contributed by atoms with Crippen LogP contribution in [-0.4, -0.2) is 24.8 Å². The fourth-order valence-corrected chi connectivity index (χ4v) is 2.47. The second-order valence-electron chi connectivity index (χ2n) is 4.97. The normalized spacial score (nSPS) is 13.6. The van der Waals surface area contributed by atoms with Crippen LogP contribution in [0.5, 0.6) is 11.5 Å². The molecule has 0 radical (unpaired) electrons. The molecule has 3 rings (SSSR count). The van der Waals surface area contributed by atoms with Crippen LogP contribution in [0.3, 0.4) is 0 Å². The Balaban J connectivity index is 1.77. The number of benzene rings is 2. The van der Waals surface area contributed by atoms with Crippen LogP contribution in [-0.2, 0) is 0 Å². The number of hydrogen-bond acceptors (Lipinski definition) is 4. The Hall–Kier alpha value is -2.34. The maximum atomic E-state index is 12.3. The van der Waals surface area contributed by atoms with E-state index in [0.717, 1.165) is 10.0 Å². The highest BCUT2D eigenvalue weighted by Gasteiger charge is 2.20. The molecule has 1 heterocycles. The van der Waals surface area contributed by atoms with Gasteiger partial charge in [0.15, 0.2) is 11.5 Å². The number of carbonyl (C=O) groups is 1. The lowest BCUT2D eigenvalue weighted by molar-refractivity contribution is 0.0943. The molecule has 0 bridgehead atoms. The largest absolute Gasteiger partial charge is 0.486 e. The van der Waals surface area contributed by atoms with Crippen molar-refractivity contribution in [3.05, 3.63) is 58.1 Å². The van der Waals surface area contributed by atoms with Gasteiger partial charge < -0.3 is 9.47 Å². The van der Waals surface area contributed by atoms with Gasteiger partial charge in [0.05, 0.1) is 11.3 Å². The minimum atomic E-state index is -0.330. The van der Waals surface area contributed by atoms with Crippen LogP contribution in [0.15, 0.2) is 52.0 Å². The number of carbonyl (C=O) groups excluding carboxylic acids is 1. The summed E-state index contributed by atoms with van der Waals surface area (Å²) in [7, 11) is 0. The van der Waals surface area contributed by atoms with E-state index in [2.05, 4.69) is 26.5 Å². The number of ether oxygens (including phenoxy) is 2. The molecule has 0 saturated carbocycles. The molecule has 1 aliphatic heterocycles. The number of nitrogens with one attached hydrogen (secondary N) is 1. The summed E-state index contributed by atoms with van der Waals surface area (Å²) >= 11 is 3.39. The standard InChI is InChI=1S/C17H15BrN2O3/c1-11(12-5-7-13(18)8-6-12)19-20-17(21)14-3-2-4-15-16(14)23-10-9-22-15/h2-8H,9-10H2,1H3,(H,20,21)/b19-11+. The molecule has 2 aromatic rings. The number of hydrogen-bond donors (Lipinski definition) is 1. The molecule has 5 nitrogen and oxygen atoms in total. The predicted octanol–water partition coefficient (Wildman–Crippen LogP) is 3.37. The van der Waals surface area contributed by atoms with Crippen molar-refractivity contribution in [2.24, 2.45) is 5.10 Å². The van der Waals surface area contributed by atoms with E-state index < -0.39 is 0 Å². The number of rotatable bonds is 3. The fourth-order valence-electron chi connectivity index (χ4n) is 2.20. The first-order valence-corrected chi connectivity index (χ1v) is 7.93. The van der Waals surface area contributed by atoms with Crippen LogP contribution in [0.25, 0.3) is 0 Å². The van der Waals surface area contributed by atoms with Crippen LogP contribution < -0.4 is 14.9 Å². The molecule has 23 heavy (non-hydrogen) atoms. The maximum absolute atomic E-state index is 12.3. The Labute approximate surface area is 142 Å². The maximum Gasteiger partial charge on any atom is 0.275 e. The van der Waals surface area contributed by atoms with Gasteiger partial charge in [0, 0.05) is 4.47 Å². The lowest BCUT2D eigenvalue weighted by atomic mass is 10.1. The summed E-state index contributed by atoms with van der Waals surface area (Å²) in [6, 6.07) is 12.9. The summed E-state index contributed by atoms with van der Waals surface area (Å²) in [5, 5.41) is 4.15. The molecule has 0 fully saturated rings. The number of halogens is 1. The van der Waals surface area contributed by atoms with Crippen molar-refractivity contribution in [2.75, 3.05) is 13.2 Å². The van der Waals surface area contributed by atoms with Crippen molar-refractivity contribution in [3.8, 4) is 11.5 Å². The SMILES string of the molecule is C/C(=N\NC(=O)c1cccc2c1OCCO2)c1ccc(Br)cc1. The summed E-state index contributed by atoms with van der Waals surface area (Å²) in [5.74, 6) is 0.717. The number of nitrogens with zero attached hydrogens (tertiary/aromatic N) is 1. The number of para-hydroxylation sites is 1. The minimum absolute atomic E-state index is 0.330. The molecule has 0 unspecified atom stereocenters. The average Bonchev–Trinajstić information content (AvgIpc) is 2.59. The third-order valence-corrected chi connectivity index (χ3v) is 3.93. The molecule has 0 spiro atoms. The molecular formula is C17H15BrN2O3. The van der Waals surface area contributed by atoms with Gasteiger partial charge in [-0.15, -0.1) is 0 Å². The smallest absolute Gasteiger partial charge is 0.275 e. The van der Waals surface area contributed by atoms with Crippen LogP contribution in [0, 0.1) is 0 Å². The van der Waals surface area contributed by atoms with E-state index in [-0.39, 0.29) is 5.91 Å². The molecule has 1 N–H and O–H groups in total. The highest BCUT2D eigenvalue weighted by molar-refractivity contribution is 9.10. The summed E-state index contributed by atoms with van der Waals surface area (Å²) in [6.07, 6.45) is 0. The zero-order valence-electron chi connectivity index (χ0n) is 12.5. The first-order chi connectivity index (χ1) is 11.1. The van der Waals surface area contributed by atoms with Crippen molar-refractivity contribution < 1.29 is 14.3 Å². The van der Waals surface area contributed by atoms with Crippen molar-refractivity contribution in [3.63, 3.8) is 0 Å². The van der Waals surface area contributed by atoms with E-state index in [0.29, 0.717) is 36.0 Å². The summed E-state index contributed by atoms with van der Waals surface area (Å²) in [4.78, 5) is 12.3. The second-order valence-corrected chi connectivity index (χ2v) is 5.89. The highest BCUT2D eigenvalue weighted by Crippen LogP contribution is 2.33. The van der Waals surface area contributed by atoms with Crippen molar-refractivity contribution in [2.45, 2.75) is 6.92 Å². The molecule has 0 atom stereocenters. The quantitative estimate of drug-likeness (QED) is 0.661. The summed E-state index contributed by atoms with van der Waals surface area (Å²) < 4.78 is 12.0. The van der Waals surface area contributed by atoms with Gasteiger partial charge in [0.2, 0.25) is 0 Å². The van der Waals surface area contributed by atoms with Crippen LogP contribution in [0.4, 0.5) is 0 Å². The van der Waals surface area contributed by atoms with Gasteiger partial charge in [-0.25, -0.2) is 5.43 Å². The van der Waals surface area contributed by atoms with Crippen molar-refractivity contribution in [1.82, 2.24) is 5.43 Å². The lowest BCUT2D eigenvalue weighted by Crippen LogP contribution is -2.23. The third kappa shape index (κ3) is 3.53. The Bertz CT molecular complexity index is 757. The van der Waals surface area contributed by atoms with Gasteiger partial charge in [0.1, 0.15) is 13.2 Å². The lowest BCUT2D eigenvalue weighted by Gasteiger charge is -2.20. The molecule has 0 aromatic heterocycles. The molecule has 1 aliphatic rings. The van der Waals surface area contributed by atoms with Gasteiger partial charge in [-0.3, -0.25) is 4.79 Å².